The zero-order chi connectivity index (χ0) is 8.97. The fraction of sp³-hybridized carbons (Fsp3) is 0.125. The topological polar surface area (TPSA) is 52.1 Å². The first-order valence-electron chi connectivity index (χ1n) is 3.34. The molecule has 4 nitrogen and oxygen atoms in total. The minimum Gasteiger partial charge on any atom is -0.427 e. The summed E-state index contributed by atoms with van der Waals surface area (Å²) < 4.78 is 4.71. The van der Waals surface area contributed by atoms with Gasteiger partial charge in [0.05, 0.1) is 5.76 Å². The third-order valence-electron chi connectivity index (χ3n) is 1.06. The Labute approximate surface area is 69.9 Å². The van der Waals surface area contributed by atoms with Crippen molar-refractivity contribution in [2.45, 2.75) is 6.92 Å². The Balaban J connectivity index is 2.73. The summed E-state index contributed by atoms with van der Waals surface area (Å²) in [4.78, 5) is 18.5. The molecule has 0 bridgehead atoms. The molecule has 4 heteroatoms. The predicted molar refractivity (Wildman–Crippen MR) is 42.3 cm³/mol. The van der Waals surface area contributed by atoms with Crippen LogP contribution in [0.1, 0.15) is 17.4 Å². The van der Waals surface area contributed by atoms with Crippen molar-refractivity contribution in [1.29, 1.82) is 0 Å². The highest BCUT2D eigenvalue weighted by atomic mass is 16.5. The summed E-state index contributed by atoms with van der Waals surface area (Å²) in [6.07, 6.45) is 2.76. The van der Waals surface area contributed by atoms with Crippen LogP contribution in [0, 0.1) is 0 Å². The molecule has 0 aromatic carbocycles. The van der Waals surface area contributed by atoms with Gasteiger partial charge in [-0.25, -0.2) is 14.8 Å². The van der Waals surface area contributed by atoms with Gasteiger partial charge in [-0.15, -0.1) is 0 Å². The lowest BCUT2D eigenvalue weighted by Gasteiger charge is -2.00. The monoisotopic (exact) mass is 164 g/mol. The number of ether oxygens (including phenoxy) is 1. The zero-order valence-corrected chi connectivity index (χ0v) is 6.65. The molecule has 0 unspecified atom stereocenters. The molecule has 1 aromatic heterocycles. The van der Waals surface area contributed by atoms with Crippen molar-refractivity contribution < 1.29 is 9.53 Å². The van der Waals surface area contributed by atoms with E-state index in [1.54, 1.807) is 6.92 Å². The summed E-state index contributed by atoms with van der Waals surface area (Å²) in [7, 11) is 0. The number of carbonyl (C=O) groups excluding carboxylic acids is 1. The molecule has 0 spiro atoms. The van der Waals surface area contributed by atoms with Crippen LogP contribution in [0.5, 0.6) is 0 Å². The highest BCUT2D eigenvalue weighted by Gasteiger charge is 2.07. The minimum atomic E-state index is -0.509. The molecule has 1 heterocycles. The number of esters is 1. The molecule has 1 aromatic rings. The number of carbonyl (C=O) groups is 1. The van der Waals surface area contributed by atoms with Crippen molar-refractivity contribution in [3.8, 4) is 0 Å². The van der Waals surface area contributed by atoms with Crippen molar-refractivity contribution in [3.05, 3.63) is 36.6 Å². The summed E-state index contributed by atoms with van der Waals surface area (Å²) in [5.74, 6) is -0.163. The molecule has 0 radical (unpaired) electrons. The number of allylic oxidation sites excluding steroid dienone is 1. The molecule has 0 aliphatic heterocycles. The van der Waals surface area contributed by atoms with Crippen LogP contribution in [0.2, 0.25) is 0 Å². The van der Waals surface area contributed by atoms with E-state index < -0.39 is 5.97 Å². The number of rotatable bonds is 2. The van der Waals surface area contributed by atoms with Crippen molar-refractivity contribution in [1.82, 2.24) is 9.97 Å². The van der Waals surface area contributed by atoms with Gasteiger partial charge in [-0.3, -0.25) is 0 Å². The van der Waals surface area contributed by atoms with Crippen molar-refractivity contribution in [3.63, 3.8) is 0 Å². The van der Waals surface area contributed by atoms with Crippen LogP contribution in [-0.2, 0) is 4.74 Å². The second-order valence-corrected chi connectivity index (χ2v) is 2.19. The third-order valence-corrected chi connectivity index (χ3v) is 1.06. The molecule has 0 amide bonds. The van der Waals surface area contributed by atoms with Gasteiger partial charge in [0.15, 0.2) is 5.69 Å². The van der Waals surface area contributed by atoms with Gasteiger partial charge in [0.1, 0.15) is 6.33 Å². The average Bonchev–Trinajstić information content (AvgIpc) is 2.05. The highest BCUT2D eigenvalue weighted by Crippen LogP contribution is 1.99. The molecular weight excluding hydrogens is 156 g/mol. The van der Waals surface area contributed by atoms with E-state index in [0.717, 1.165) is 0 Å². The lowest BCUT2D eigenvalue weighted by Crippen LogP contribution is -2.05. The van der Waals surface area contributed by atoms with Crippen LogP contribution in [0.4, 0.5) is 0 Å². The molecule has 0 saturated heterocycles. The van der Waals surface area contributed by atoms with Crippen LogP contribution in [0.25, 0.3) is 0 Å². The van der Waals surface area contributed by atoms with Crippen molar-refractivity contribution in [2.24, 2.45) is 0 Å². The number of hydrogen-bond acceptors (Lipinski definition) is 4. The van der Waals surface area contributed by atoms with Gasteiger partial charge in [0.25, 0.3) is 0 Å². The molecule has 1 rings (SSSR count). The van der Waals surface area contributed by atoms with Gasteiger partial charge in [0, 0.05) is 6.20 Å². The largest absolute Gasteiger partial charge is 0.427 e. The molecule has 0 atom stereocenters. The van der Waals surface area contributed by atoms with E-state index >= 15 is 0 Å². The Morgan fingerprint density at radius 1 is 1.67 bits per heavy atom. The van der Waals surface area contributed by atoms with Crippen LogP contribution in [0.15, 0.2) is 30.9 Å². The second-order valence-electron chi connectivity index (χ2n) is 2.19. The molecule has 62 valence electrons. The summed E-state index contributed by atoms with van der Waals surface area (Å²) in [6, 6.07) is 1.48. The highest BCUT2D eigenvalue weighted by molar-refractivity contribution is 5.87. The van der Waals surface area contributed by atoms with E-state index in [4.69, 9.17) is 4.74 Å². The molecule has 0 aliphatic rings. The number of aromatic nitrogens is 2. The Kier molecular flexibility index (Phi) is 2.53. The maximum absolute atomic E-state index is 11.1. The standard InChI is InChI=1S/C8H8N2O2/c1-6(2)12-8(11)7-3-4-9-5-10-7/h3-5H,1H2,2H3. The Morgan fingerprint density at radius 2 is 2.42 bits per heavy atom. The van der Waals surface area contributed by atoms with E-state index in [0.29, 0.717) is 5.76 Å². The van der Waals surface area contributed by atoms with E-state index in [2.05, 4.69) is 16.5 Å². The van der Waals surface area contributed by atoms with Gasteiger partial charge in [0.2, 0.25) is 0 Å². The molecule has 0 N–H and O–H groups in total. The van der Waals surface area contributed by atoms with Crippen molar-refractivity contribution >= 4 is 5.97 Å². The molecule has 12 heavy (non-hydrogen) atoms. The third kappa shape index (κ3) is 2.16. The molecule has 0 aliphatic carbocycles. The number of nitrogens with zero attached hydrogens (tertiary/aromatic N) is 2. The Bertz CT molecular complexity index is 295. The SMILES string of the molecule is C=C(C)OC(=O)c1ccncn1. The fourth-order valence-electron chi connectivity index (χ4n) is 0.622. The van der Waals surface area contributed by atoms with E-state index in [1.165, 1.54) is 18.6 Å². The minimum absolute atomic E-state index is 0.230. The summed E-state index contributed by atoms with van der Waals surface area (Å²) in [6.45, 7) is 5.03. The molecule has 0 fully saturated rings. The van der Waals surface area contributed by atoms with Gasteiger partial charge in [-0.05, 0) is 13.0 Å². The normalized spacial score (nSPS) is 9.08. The van der Waals surface area contributed by atoms with Gasteiger partial charge >= 0.3 is 5.97 Å². The van der Waals surface area contributed by atoms with Gasteiger partial charge < -0.3 is 4.74 Å². The van der Waals surface area contributed by atoms with Crippen LogP contribution < -0.4 is 0 Å². The maximum atomic E-state index is 11.1. The first-order valence-corrected chi connectivity index (χ1v) is 3.34. The van der Waals surface area contributed by atoms with Crippen LogP contribution >= 0.6 is 0 Å². The smallest absolute Gasteiger partial charge is 0.362 e. The first kappa shape index (κ1) is 8.39. The summed E-state index contributed by atoms with van der Waals surface area (Å²) in [5.41, 5.74) is 0.230. The predicted octanol–water partition coefficient (Wildman–Crippen LogP) is 1.17. The zero-order valence-electron chi connectivity index (χ0n) is 6.65. The fourth-order valence-corrected chi connectivity index (χ4v) is 0.622. The van der Waals surface area contributed by atoms with Gasteiger partial charge in [-0.2, -0.15) is 0 Å². The lowest BCUT2D eigenvalue weighted by molar-refractivity contribution is 0.0621. The van der Waals surface area contributed by atoms with E-state index in [1.807, 2.05) is 0 Å². The van der Waals surface area contributed by atoms with Crippen LogP contribution in [0.3, 0.4) is 0 Å². The average molecular weight is 164 g/mol. The summed E-state index contributed by atoms with van der Waals surface area (Å²) >= 11 is 0. The molecule has 0 saturated carbocycles. The molecular formula is C8H8N2O2. The van der Waals surface area contributed by atoms with Gasteiger partial charge in [-0.1, -0.05) is 6.58 Å². The summed E-state index contributed by atoms with van der Waals surface area (Å²) in [5, 5.41) is 0. The Hall–Kier alpha value is -1.71. The quantitative estimate of drug-likeness (QED) is 0.486. The second kappa shape index (κ2) is 3.61. The lowest BCUT2D eigenvalue weighted by atomic mass is 10.4. The van der Waals surface area contributed by atoms with E-state index in [-0.39, 0.29) is 5.69 Å². The first-order chi connectivity index (χ1) is 5.70. The van der Waals surface area contributed by atoms with Crippen LogP contribution in [-0.4, -0.2) is 15.9 Å². The van der Waals surface area contributed by atoms with E-state index in [9.17, 15) is 4.79 Å². The Morgan fingerprint density at radius 3 is 2.92 bits per heavy atom. The number of hydrogen-bond donors (Lipinski definition) is 0. The van der Waals surface area contributed by atoms with Crippen molar-refractivity contribution in [2.75, 3.05) is 0 Å². The maximum Gasteiger partial charge on any atom is 0.362 e.